The van der Waals surface area contributed by atoms with E-state index in [0.717, 1.165) is 36.6 Å². The first-order chi connectivity index (χ1) is 12.4. The zero-order chi connectivity index (χ0) is 20.4. The average molecular weight is 425 g/mol. The van der Waals surface area contributed by atoms with E-state index >= 15 is 0 Å². The Morgan fingerprint density at radius 1 is 1.19 bits per heavy atom. The topological polar surface area (TPSA) is 66.5 Å². The fraction of sp³-hybridized carbons (Fsp3) is 0.188. The quantitative estimate of drug-likeness (QED) is 0.740. The Kier molecular flexibility index (Phi) is 6.01. The number of sulfonamides is 1. The van der Waals surface area contributed by atoms with Crippen LogP contribution in [-0.2, 0) is 21.0 Å². The van der Waals surface area contributed by atoms with Crippen LogP contribution in [0.25, 0.3) is 0 Å². The van der Waals surface area contributed by atoms with E-state index in [0.29, 0.717) is 10.4 Å². The molecule has 5 nitrogen and oxygen atoms in total. The standard InChI is InChI=1S/C16H13ClF4N2O3S/c1-27(25,26)23(12-4-2-3-10(7-12)16(19,20)21)9-15(24)22-11-5-6-14(18)13(17)8-11/h2-8H,9H2,1H3,(H,22,24). The number of hydrogen-bond acceptors (Lipinski definition) is 3. The maximum absolute atomic E-state index is 13.1. The lowest BCUT2D eigenvalue weighted by Crippen LogP contribution is -2.37. The van der Waals surface area contributed by atoms with Gasteiger partial charge in [0, 0.05) is 5.69 Å². The van der Waals surface area contributed by atoms with E-state index in [9.17, 15) is 30.8 Å². The highest BCUT2D eigenvalue weighted by molar-refractivity contribution is 7.92. The molecule has 0 spiro atoms. The Balaban J connectivity index is 2.27. The van der Waals surface area contributed by atoms with Crippen LogP contribution in [-0.4, -0.2) is 27.1 Å². The zero-order valence-electron chi connectivity index (χ0n) is 13.7. The predicted octanol–water partition coefficient (Wildman–Crippen LogP) is 3.90. The normalized spacial score (nSPS) is 11.9. The summed E-state index contributed by atoms with van der Waals surface area (Å²) >= 11 is 5.59. The maximum Gasteiger partial charge on any atom is 0.416 e. The highest BCUT2D eigenvalue weighted by Gasteiger charge is 2.32. The molecule has 0 unspecified atom stereocenters. The first-order valence-electron chi connectivity index (χ1n) is 7.28. The Hall–Kier alpha value is -2.33. The van der Waals surface area contributed by atoms with Crippen molar-refractivity contribution in [2.24, 2.45) is 0 Å². The van der Waals surface area contributed by atoms with Gasteiger partial charge in [0.25, 0.3) is 0 Å². The zero-order valence-corrected chi connectivity index (χ0v) is 15.3. The molecule has 146 valence electrons. The second-order valence-corrected chi connectivity index (χ2v) is 7.81. The van der Waals surface area contributed by atoms with Crippen molar-refractivity contribution in [1.82, 2.24) is 0 Å². The van der Waals surface area contributed by atoms with Gasteiger partial charge in [-0.1, -0.05) is 17.7 Å². The Morgan fingerprint density at radius 3 is 2.41 bits per heavy atom. The number of benzene rings is 2. The lowest BCUT2D eigenvalue weighted by Gasteiger charge is -2.22. The van der Waals surface area contributed by atoms with Gasteiger partial charge in [-0.2, -0.15) is 13.2 Å². The number of carbonyl (C=O) groups excluding carboxylic acids is 1. The number of alkyl halides is 3. The van der Waals surface area contributed by atoms with E-state index in [-0.39, 0.29) is 16.4 Å². The third kappa shape index (κ3) is 5.57. The lowest BCUT2D eigenvalue weighted by atomic mass is 10.2. The number of carbonyl (C=O) groups is 1. The largest absolute Gasteiger partial charge is 0.416 e. The van der Waals surface area contributed by atoms with Crippen LogP contribution in [0.2, 0.25) is 5.02 Å². The number of anilines is 2. The minimum Gasteiger partial charge on any atom is -0.324 e. The summed E-state index contributed by atoms with van der Waals surface area (Å²) in [7, 11) is -4.06. The molecule has 0 aliphatic rings. The minimum absolute atomic E-state index is 0.101. The number of halogens is 5. The summed E-state index contributed by atoms with van der Waals surface area (Å²) in [6, 6.07) is 6.90. The number of nitrogens with zero attached hydrogens (tertiary/aromatic N) is 1. The van der Waals surface area contributed by atoms with Crippen molar-refractivity contribution in [3.8, 4) is 0 Å². The van der Waals surface area contributed by atoms with Gasteiger partial charge in [-0.05, 0) is 36.4 Å². The summed E-state index contributed by atoms with van der Waals surface area (Å²) in [5.74, 6) is -1.56. The monoisotopic (exact) mass is 424 g/mol. The van der Waals surface area contributed by atoms with E-state index < -0.39 is 40.0 Å². The molecule has 0 fully saturated rings. The molecule has 0 atom stereocenters. The molecule has 0 saturated carbocycles. The van der Waals surface area contributed by atoms with Gasteiger partial charge >= 0.3 is 6.18 Å². The highest BCUT2D eigenvalue weighted by Crippen LogP contribution is 2.32. The fourth-order valence-corrected chi connectivity index (χ4v) is 3.17. The maximum atomic E-state index is 13.1. The molecule has 27 heavy (non-hydrogen) atoms. The molecule has 2 aromatic rings. The fourth-order valence-electron chi connectivity index (χ4n) is 2.14. The third-order valence-electron chi connectivity index (χ3n) is 3.35. The van der Waals surface area contributed by atoms with Crippen LogP contribution in [0.5, 0.6) is 0 Å². The molecular formula is C16H13ClF4N2O3S. The summed E-state index contributed by atoms with van der Waals surface area (Å²) in [4.78, 5) is 12.1. The second-order valence-electron chi connectivity index (χ2n) is 5.49. The van der Waals surface area contributed by atoms with Crippen LogP contribution < -0.4 is 9.62 Å². The predicted molar refractivity (Wildman–Crippen MR) is 93.7 cm³/mol. The van der Waals surface area contributed by atoms with Gasteiger partial charge in [0.2, 0.25) is 15.9 Å². The molecule has 0 aliphatic heterocycles. The molecule has 11 heteroatoms. The van der Waals surface area contributed by atoms with E-state index in [1.165, 1.54) is 6.07 Å². The molecule has 0 aromatic heterocycles. The second kappa shape index (κ2) is 7.73. The van der Waals surface area contributed by atoms with Gasteiger partial charge in [-0.3, -0.25) is 9.10 Å². The van der Waals surface area contributed by atoms with Crippen molar-refractivity contribution in [2.75, 3.05) is 22.4 Å². The van der Waals surface area contributed by atoms with Crippen molar-refractivity contribution in [1.29, 1.82) is 0 Å². The van der Waals surface area contributed by atoms with Gasteiger partial charge in [-0.25, -0.2) is 12.8 Å². The summed E-state index contributed by atoms with van der Waals surface area (Å²) in [6.07, 6.45) is -3.92. The Morgan fingerprint density at radius 2 is 1.85 bits per heavy atom. The SMILES string of the molecule is CS(=O)(=O)N(CC(=O)Nc1ccc(F)c(Cl)c1)c1cccc(C(F)(F)F)c1. The molecule has 0 saturated heterocycles. The van der Waals surface area contributed by atoms with E-state index in [1.54, 1.807) is 0 Å². The first-order valence-corrected chi connectivity index (χ1v) is 9.50. The van der Waals surface area contributed by atoms with Crippen molar-refractivity contribution >= 4 is 38.9 Å². The van der Waals surface area contributed by atoms with Gasteiger partial charge in [0.1, 0.15) is 12.4 Å². The van der Waals surface area contributed by atoms with Gasteiger partial charge < -0.3 is 5.32 Å². The molecule has 2 aromatic carbocycles. The first kappa shape index (κ1) is 21.0. The van der Waals surface area contributed by atoms with Gasteiger partial charge in [0.15, 0.2) is 0 Å². The number of rotatable bonds is 5. The van der Waals surface area contributed by atoms with Gasteiger partial charge in [0.05, 0.1) is 22.5 Å². The van der Waals surface area contributed by atoms with Crippen molar-refractivity contribution in [2.45, 2.75) is 6.18 Å². The number of amides is 1. The van der Waals surface area contributed by atoms with Gasteiger partial charge in [-0.15, -0.1) is 0 Å². The molecular weight excluding hydrogens is 412 g/mol. The molecule has 0 bridgehead atoms. The van der Waals surface area contributed by atoms with E-state index in [4.69, 9.17) is 11.6 Å². The summed E-state index contributed by atoms with van der Waals surface area (Å²) in [6.45, 7) is -0.783. The van der Waals surface area contributed by atoms with Crippen molar-refractivity contribution in [3.63, 3.8) is 0 Å². The van der Waals surface area contributed by atoms with Crippen LogP contribution in [0.4, 0.5) is 28.9 Å². The smallest absolute Gasteiger partial charge is 0.324 e. The number of hydrogen-bond donors (Lipinski definition) is 1. The Bertz CT molecular complexity index is 964. The molecule has 0 heterocycles. The minimum atomic E-state index is -4.67. The average Bonchev–Trinajstić information content (AvgIpc) is 2.54. The molecule has 2 rings (SSSR count). The van der Waals surface area contributed by atoms with Crippen LogP contribution in [0.15, 0.2) is 42.5 Å². The van der Waals surface area contributed by atoms with Crippen LogP contribution in [0, 0.1) is 5.82 Å². The third-order valence-corrected chi connectivity index (χ3v) is 4.78. The summed E-state index contributed by atoms with van der Waals surface area (Å²) < 4.78 is 76.2. The summed E-state index contributed by atoms with van der Waals surface area (Å²) in [5.41, 5.74) is -1.28. The van der Waals surface area contributed by atoms with Crippen LogP contribution in [0.1, 0.15) is 5.56 Å². The molecule has 1 N–H and O–H groups in total. The lowest BCUT2D eigenvalue weighted by molar-refractivity contribution is -0.137. The molecule has 0 aliphatic carbocycles. The van der Waals surface area contributed by atoms with E-state index in [1.807, 2.05) is 0 Å². The van der Waals surface area contributed by atoms with Crippen LogP contribution in [0.3, 0.4) is 0 Å². The van der Waals surface area contributed by atoms with Crippen LogP contribution >= 0.6 is 11.6 Å². The van der Waals surface area contributed by atoms with E-state index in [2.05, 4.69) is 5.32 Å². The Labute approximate surface area is 157 Å². The highest BCUT2D eigenvalue weighted by atomic mass is 35.5. The molecule has 1 amide bonds. The van der Waals surface area contributed by atoms with Crippen molar-refractivity contribution in [3.05, 3.63) is 58.9 Å². The van der Waals surface area contributed by atoms with Crippen molar-refractivity contribution < 1.29 is 30.8 Å². The summed E-state index contributed by atoms with van der Waals surface area (Å²) in [5, 5.41) is 2.05. The molecule has 0 radical (unpaired) electrons. The number of nitrogens with one attached hydrogen (secondary N) is 1.